The van der Waals surface area contributed by atoms with Gasteiger partial charge in [0, 0.05) is 22.5 Å². The molecule has 8 heteroatoms. The number of para-hydroxylation sites is 1. The fourth-order valence-electron chi connectivity index (χ4n) is 2.69. The zero-order valence-electron chi connectivity index (χ0n) is 15.6. The molecule has 1 aromatic heterocycles. The van der Waals surface area contributed by atoms with Crippen molar-refractivity contribution >= 4 is 40.4 Å². The molecule has 29 heavy (non-hydrogen) atoms. The zero-order chi connectivity index (χ0) is 20.8. The van der Waals surface area contributed by atoms with E-state index in [2.05, 4.69) is 15.6 Å². The maximum atomic E-state index is 12.7. The van der Waals surface area contributed by atoms with Crippen LogP contribution in [0.3, 0.4) is 0 Å². The van der Waals surface area contributed by atoms with Crippen molar-refractivity contribution in [3.63, 3.8) is 0 Å². The lowest BCUT2D eigenvalue weighted by Gasteiger charge is -2.10. The van der Waals surface area contributed by atoms with E-state index in [1.807, 2.05) is 6.07 Å². The van der Waals surface area contributed by atoms with Crippen LogP contribution in [-0.2, 0) is 9.53 Å². The van der Waals surface area contributed by atoms with Gasteiger partial charge in [-0.25, -0.2) is 14.6 Å². The van der Waals surface area contributed by atoms with E-state index < -0.39 is 24.5 Å². The van der Waals surface area contributed by atoms with Gasteiger partial charge in [0.25, 0.3) is 5.91 Å². The summed E-state index contributed by atoms with van der Waals surface area (Å²) < 4.78 is 5.11. The van der Waals surface area contributed by atoms with Gasteiger partial charge < -0.3 is 10.1 Å². The lowest BCUT2D eigenvalue weighted by Crippen LogP contribution is -2.41. The Morgan fingerprint density at radius 2 is 1.79 bits per heavy atom. The molecule has 1 heterocycles. The number of carbonyl (C=O) groups is 3. The summed E-state index contributed by atoms with van der Waals surface area (Å²) in [5, 5.41) is 5.68. The Labute approximate surface area is 172 Å². The number of aromatic nitrogens is 1. The van der Waals surface area contributed by atoms with Crippen molar-refractivity contribution in [3.05, 3.63) is 65.2 Å². The van der Waals surface area contributed by atoms with E-state index in [4.69, 9.17) is 16.3 Å². The molecular weight excluding hydrogens is 394 g/mol. The predicted octanol–water partition coefficient (Wildman–Crippen LogP) is 3.56. The average Bonchev–Trinajstić information content (AvgIpc) is 2.72. The van der Waals surface area contributed by atoms with Gasteiger partial charge in [0.05, 0.1) is 16.8 Å². The smallest absolute Gasteiger partial charge is 0.339 e. The largest absolute Gasteiger partial charge is 0.452 e. The minimum Gasteiger partial charge on any atom is -0.452 e. The van der Waals surface area contributed by atoms with E-state index in [0.29, 0.717) is 28.2 Å². The molecule has 0 fully saturated rings. The predicted molar refractivity (Wildman–Crippen MR) is 110 cm³/mol. The molecular formula is C21H18ClN3O4. The first kappa shape index (κ1) is 20.3. The minimum atomic E-state index is -0.722. The molecule has 0 aliphatic heterocycles. The molecule has 0 bridgehead atoms. The average molecular weight is 412 g/mol. The fraction of sp³-hybridized carbons (Fsp3) is 0.143. The van der Waals surface area contributed by atoms with Gasteiger partial charge in [0.15, 0.2) is 6.61 Å². The highest BCUT2D eigenvalue weighted by molar-refractivity contribution is 6.30. The van der Waals surface area contributed by atoms with Gasteiger partial charge >= 0.3 is 12.0 Å². The molecule has 0 saturated carbocycles. The van der Waals surface area contributed by atoms with Gasteiger partial charge in [-0.1, -0.05) is 41.9 Å². The van der Waals surface area contributed by atoms with Crippen molar-refractivity contribution in [2.24, 2.45) is 0 Å². The first-order valence-electron chi connectivity index (χ1n) is 8.88. The number of nitrogens with zero attached hydrogens (tertiary/aromatic N) is 1. The maximum absolute atomic E-state index is 12.7. The Kier molecular flexibility index (Phi) is 6.41. The summed E-state index contributed by atoms with van der Waals surface area (Å²) >= 11 is 5.94. The number of amides is 3. The van der Waals surface area contributed by atoms with Crippen LogP contribution in [0.25, 0.3) is 22.2 Å². The summed E-state index contributed by atoms with van der Waals surface area (Å²) in [6.45, 7) is 1.51. The molecule has 3 rings (SSSR count). The van der Waals surface area contributed by atoms with E-state index in [9.17, 15) is 14.4 Å². The fourth-order valence-corrected chi connectivity index (χ4v) is 2.82. The van der Waals surface area contributed by atoms with Gasteiger partial charge in [-0.3, -0.25) is 10.1 Å². The lowest BCUT2D eigenvalue weighted by molar-refractivity contribution is -0.123. The Bertz CT molecular complexity index is 1070. The van der Waals surface area contributed by atoms with Crippen molar-refractivity contribution in [3.8, 4) is 11.3 Å². The normalized spacial score (nSPS) is 10.4. The Morgan fingerprint density at radius 1 is 1.07 bits per heavy atom. The molecule has 0 spiro atoms. The summed E-state index contributed by atoms with van der Waals surface area (Å²) in [7, 11) is 0. The van der Waals surface area contributed by atoms with E-state index in [1.54, 1.807) is 55.5 Å². The second kappa shape index (κ2) is 9.16. The van der Waals surface area contributed by atoms with Crippen LogP contribution >= 0.6 is 11.6 Å². The van der Waals surface area contributed by atoms with Crippen LogP contribution in [0.15, 0.2) is 54.6 Å². The van der Waals surface area contributed by atoms with Crippen molar-refractivity contribution in [2.75, 3.05) is 13.2 Å². The van der Waals surface area contributed by atoms with Crippen LogP contribution < -0.4 is 10.6 Å². The SMILES string of the molecule is CCNC(=O)NC(=O)COC(=O)c1cc(-c2ccc(Cl)cc2)nc2ccccc12. The monoisotopic (exact) mass is 411 g/mol. The molecule has 2 N–H and O–H groups in total. The molecule has 0 unspecified atom stereocenters. The van der Waals surface area contributed by atoms with Gasteiger partial charge in [-0.2, -0.15) is 0 Å². The number of nitrogens with one attached hydrogen (secondary N) is 2. The number of carbonyl (C=O) groups excluding carboxylic acids is 3. The standard InChI is InChI=1S/C21H18ClN3O4/c1-2-23-21(28)25-19(26)12-29-20(27)16-11-18(13-7-9-14(22)10-8-13)24-17-6-4-3-5-15(16)17/h3-11H,2,12H2,1H3,(H2,23,25,26,28). The topological polar surface area (TPSA) is 97.4 Å². The van der Waals surface area contributed by atoms with E-state index in [1.165, 1.54) is 0 Å². The van der Waals surface area contributed by atoms with Crippen LogP contribution in [0.2, 0.25) is 5.02 Å². The molecule has 3 aromatic rings. The number of fused-ring (bicyclic) bond motifs is 1. The van der Waals surface area contributed by atoms with E-state index in [-0.39, 0.29) is 5.56 Å². The van der Waals surface area contributed by atoms with Crippen LogP contribution in [0, 0.1) is 0 Å². The van der Waals surface area contributed by atoms with Crippen LogP contribution in [0.1, 0.15) is 17.3 Å². The van der Waals surface area contributed by atoms with Crippen LogP contribution in [0.5, 0.6) is 0 Å². The summed E-state index contributed by atoms with van der Waals surface area (Å²) in [6, 6.07) is 15.2. The number of hydrogen-bond acceptors (Lipinski definition) is 5. The first-order valence-corrected chi connectivity index (χ1v) is 9.26. The molecule has 0 saturated heterocycles. The molecule has 148 valence electrons. The summed E-state index contributed by atoms with van der Waals surface area (Å²) in [5.41, 5.74) is 2.23. The number of benzene rings is 2. The minimum absolute atomic E-state index is 0.270. The van der Waals surface area contributed by atoms with Gasteiger partial charge in [0.1, 0.15) is 0 Å². The van der Waals surface area contributed by atoms with Gasteiger partial charge in [-0.05, 0) is 31.2 Å². The number of imide groups is 1. The van der Waals surface area contributed by atoms with Crippen molar-refractivity contribution in [2.45, 2.75) is 6.92 Å². The molecule has 2 aromatic carbocycles. The Morgan fingerprint density at radius 3 is 2.52 bits per heavy atom. The van der Waals surface area contributed by atoms with Crippen LogP contribution in [0.4, 0.5) is 4.79 Å². The third kappa shape index (κ3) is 5.08. The third-order valence-corrected chi connectivity index (χ3v) is 4.25. The number of hydrogen-bond donors (Lipinski definition) is 2. The number of rotatable bonds is 5. The van der Waals surface area contributed by atoms with E-state index >= 15 is 0 Å². The number of pyridine rings is 1. The quantitative estimate of drug-likeness (QED) is 0.625. The van der Waals surface area contributed by atoms with Gasteiger partial charge in [0.2, 0.25) is 0 Å². The highest BCUT2D eigenvalue weighted by Gasteiger charge is 2.17. The first-order chi connectivity index (χ1) is 14.0. The molecule has 0 aliphatic rings. The zero-order valence-corrected chi connectivity index (χ0v) is 16.3. The maximum Gasteiger partial charge on any atom is 0.339 e. The number of halogens is 1. The van der Waals surface area contributed by atoms with E-state index in [0.717, 1.165) is 5.56 Å². The Balaban J connectivity index is 1.85. The highest BCUT2D eigenvalue weighted by atomic mass is 35.5. The highest BCUT2D eigenvalue weighted by Crippen LogP contribution is 2.26. The number of ether oxygens (including phenoxy) is 1. The Hall–Kier alpha value is -3.45. The van der Waals surface area contributed by atoms with Crippen molar-refractivity contribution in [1.29, 1.82) is 0 Å². The second-order valence-corrected chi connectivity index (χ2v) is 6.50. The molecule has 3 amide bonds. The summed E-state index contributed by atoms with van der Waals surface area (Å²) in [5.74, 6) is -1.41. The molecule has 0 atom stereocenters. The number of urea groups is 1. The number of esters is 1. The second-order valence-electron chi connectivity index (χ2n) is 6.06. The lowest BCUT2D eigenvalue weighted by atomic mass is 10.0. The van der Waals surface area contributed by atoms with Crippen LogP contribution in [-0.4, -0.2) is 36.0 Å². The van der Waals surface area contributed by atoms with Crippen molar-refractivity contribution in [1.82, 2.24) is 15.6 Å². The van der Waals surface area contributed by atoms with Gasteiger partial charge in [-0.15, -0.1) is 0 Å². The molecule has 0 radical (unpaired) electrons. The van der Waals surface area contributed by atoms with Crippen molar-refractivity contribution < 1.29 is 19.1 Å². The third-order valence-electron chi connectivity index (χ3n) is 4.00. The summed E-state index contributed by atoms with van der Waals surface area (Å²) in [6.07, 6.45) is 0. The molecule has 0 aliphatic carbocycles. The molecule has 7 nitrogen and oxygen atoms in total. The summed E-state index contributed by atoms with van der Waals surface area (Å²) in [4.78, 5) is 40.4.